The van der Waals surface area contributed by atoms with Crippen LogP contribution in [0.3, 0.4) is 0 Å². The largest absolute Gasteiger partial charge is 0.477 e. The number of rotatable bonds is 1. The van der Waals surface area contributed by atoms with Crippen molar-refractivity contribution in [1.82, 2.24) is 4.98 Å². The zero-order chi connectivity index (χ0) is 11.3. The molecule has 0 saturated carbocycles. The van der Waals surface area contributed by atoms with Crippen LogP contribution in [-0.4, -0.2) is 16.1 Å². The van der Waals surface area contributed by atoms with Crippen LogP contribution in [0.5, 0.6) is 0 Å². The number of nitrogens with two attached hydrogens (primary N) is 1. The van der Waals surface area contributed by atoms with E-state index in [-0.39, 0.29) is 4.88 Å². The molecule has 0 fully saturated rings. The molecule has 0 radical (unpaired) electrons. The SMILES string of the molecule is Nc1c(C(=O)O)sc2nc3c(cc12)CCC3. The average molecular weight is 234 g/mol. The van der Waals surface area contributed by atoms with E-state index in [2.05, 4.69) is 4.98 Å². The summed E-state index contributed by atoms with van der Waals surface area (Å²) >= 11 is 1.16. The number of thiophene rings is 1. The van der Waals surface area contributed by atoms with Gasteiger partial charge in [0.25, 0.3) is 0 Å². The molecule has 0 spiro atoms. The van der Waals surface area contributed by atoms with Crippen LogP contribution in [0.1, 0.15) is 27.3 Å². The topological polar surface area (TPSA) is 76.2 Å². The molecule has 5 heteroatoms. The summed E-state index contributed by atoms with van der Waals surface area (Å²) in [6.07, 6.45) is 3.15. The molecule has 0 atom stereocenters. The van der Waals surface area contributed by atoms with Crippen molar-refractivity contribution in [2.45, 2.75) is 19.3 Å². The highest BCUT2D eigenvalue weighted by atomic mass is 32.1. The molecule has 3 N–H and O–H groups in total. The third-order valence-electron chi connectivity index (χ3n) is 2.94. The summed E-state index contributed by atoms with van der Waals surface area (Å²) in [5.41, 5.74) is 8.50. The van der Waals surface area contributed by atoms with Gasteiger partial charge in [0.15, 0.2) is 0 Å². The molecular weight excluding hydrogens is 224 g/mol. The van der Waals surface area contributed by atoms with Crippen LogP contribution in [0.4, 0.5) is 5.69 Å². The number of fused-ring (bicyclic) bond motifs is 2. The van der Waals surface area contributed by atoms with E-state index in [0.29, 0.717) is 5.69 Å². The highest BCUT2D eigenvalue weighted by Crippen LogP contribution is 2.35. The Kier molecular flexibility index (Phi) is 1.91. The second-order valence-electron chi connectivity index (χ2n) is 3.95. The Morgan fingerprint density at radius 3 is 3.06 bits per heavy atom. The fourth-order valence-electron chi connectivity index (χ4n) is 2.16. The third kappa shape index (κ3) is 1.21. The molecule has 2 aromatic rings. The predicted molar refractivity (Wildman–Crippen MR) is 63.0 cm³/mol. The van der Waals surface area contributed by atoms with Crippen LogP contribution in [-0.2, 0) is 12.8 Å². The van der Waals surface area contributed by atoms with E-state index in [1.807, 2.05) is 6.07 Å². The second-order valence-corrected chi connectivity index (χ2v) is 4.95. The highest BCUT2D eigenvalue weighted by Gasteiger charge is 2.20. The number of carboxylic acid groups (broad SMARTS) is 1. The molecule has 3 rings (SSSR count). The Morgan fingerprint density at radius 1 is 1.50 bits per heavy atom. The summed E-state index contributed by atoms with van der Waals surface area (Å²) in [5.74, 6) is -0.972. The van der Waals surface area contributed by atoms with Gasteiger partial charge in [0.1, 0.15) is 9.71 Å². The fourth-order valence-corrected chi connectivity index (χ4v) is 3.09. The lowest BCUT2D eigenvalue weighted by atomic mass is 10.1. The van der Waals surface area contributed by atoms with Crippen molar-refractivity contribution < 1.29 is 9.90 Å². The molecule has 4 nitrogen and oxygen atoms in total. The van der Waals surface area contributed by atoms with Crippen molar-refractivity contribution in [2.75, 3.05) is 5.73 Å². The van der Waals surface area contributed by atoms with Gasteiger partial charge in [-0.3, -0.25) is 0 Å². The second kappa shape index (κ2) is 3.18. The number of aryl methyl sites for hydroxylation is 2. The Balaban J connectivity index is 2.32. The molecule has 0 bridgehead atoms. The number of nitrogens with zero attached hydrogens (tertiary/aromatic N) is 1. The Labute approximate surface area is 95.7 Å². The van der Waals surface area contributed by atoms with Gasteiger partial charge in [-0.15, -0.1) is 11.3 Å². The highest BCUT2D eigenvalue weighted by molar-refractivity contribution is 7.21. The van der Waals surface area contributed by atoms with Gasteiger partial charge in [0.05, 0.1) is 5.69 Å². The number of carboxylic acids is 1. The van der Waals surface area contributed by atoms with E-state index in [9.17, 15) is 4.79 Å². The molecule has 0 unspecified atom stereocenters. The third-order valence-corrected chi connectivity index (χ3v) is 4.05. The Bertz CT molecular complexity index is 604. The van der Waals surface area contributed by atoms with E-state index in [1.54, 1.807) is 0 Å². The van der Waals surface area contributed by atoms with Gasteiger partial charge in [-0.2, -0.15) is 0 Å². The fraction of sp³-hybridized carbons (Fsp3) is 0.273. The number of aromatic nitrogens is 1. The number of hydrogen-bond donors (Lipinski definition) is 2. The number of carbonyl (C=O) groups is 1. The van der Waals surface area contributed by atoms with Crippen LogP contribution < -0.4 is 5.73 Å². The summed E-state index contributed by atoms with van der Waals surface area (Å²) < 4.78 is 0. The van der Waals surface area contributed by atoms with E-state index >= 15 is 0 Å². The van der Waals surface area contributed by atoms with Crippen molar-refractivity contribution in [3.05, 3.63) is 22.2 Å². The molecule has 1 aliphatic carbocycles. The van der Waals surface area contributed by atoms with E-state index < -0.39 is 5.97 Å². The van der Waals surface area contributed by atoms with Crippen molar-refractivity contribution in [3.8, 4) is 0 Å². The molecule has 82 valence electrons. The first-order chi connectivity index (χ1) is 7.66. The normalized spacial score (nSPS) is 14.2. The Hall–Kier alpha value is -1.62. The number of hydrogen-bond acceptors (Lipinski definition) is 4. The molecule has 0 aromatic carbocycles. The van der Waals surface area contributed by atoms with Gasteiger partial charge in [0.2, 0.25) is 0 Å². The summed E-state index contributed by atoms with van der Waals surface area (Å²) in [5, 5.41) is 9.77. The minimum absolute atomic E-state index is 0.200. The number of anilines is 1. The zero-order valence-corrected chi connectivity index (χ0v) is 9.30. The zero-order valence-electron chi connectivity index (χ0n) is 8.49. The Morgan fingerprint density at radius 2 is 2.31 bits per heavy atom. The molecule has 0 aliphatic heterocycles. The minimum Gasteiger partial charge on any atom is -0.477 e. The maximum absolute atomic E-state index is 10.9. The summed E-state index contributed by atoms with van der Waals surface area (Å²) in [6, 6.07) is 2.00. The predicted octanol–water partition coefficient (Wildman–Crippen LogP) is 2.07. The van der Waals surface area contributed by atoms with Gasteiger partial charge in [0, 0.05) is 11.1 Å². The molecule has 0 amide bonds. The molecule has 0 saturated heterocycles. The summed E-state index contributed by atoms with van der Waals surface area (Å²) in [6.45, 7) is 0. The van der Waals surface area contributed by atoms with E-state index in [1.165, 1.54) is 5.56 Å². The lowest BCUT2D eigenvalue weighted by molar-refractivity contribution is 0.0703. The van der Waals surface area contributed by atoms with Gasteiger partial charge in [-0.05, 0) is 30.9 Å². The first-order valence-corrected chi connectivity index (χ1v) is 5.92. The molecular formula is C11H10N2O2S. The molecule has 1 aliphatic rings. The lowest BCUT2D eigenvalue weighted by Gasteiger charge is -1.98. The maximum Gasteiger partial charge on any atom is 0.348 e. The average Bonchev–Trinajstić information content (AvgIpc) is 2.80. The van der Waals surface area contributed by atoms with Gasteiger partial charge in [-0.1, -0.05) is 0 Å². The van der Waals surface area contributed by atoms with E-state index in [4.69, 9.17) is 10.8 Å². The summed E-state index contributed by atoms with van der Waals surface area (Å²) in [4.78, 5) is 16.4. The van der Waals surface area contributed by atoms with E-state index in [0.717, 1.165) is 46.5 Å². The van der Waals surface area contributed by atoms with Crippen LogP contribution in [0, 0.1) is 0 Å². The molecule has 16 heavy (non-hydrogen) atoms. The number of aromatic carboxylic acids is 1. The first kappa shape index (κ1) is 9.59. The monoisotopic (exact) mass is 234 g/mol. The molecule has 2 heterocycles. The lowest BCUT2D eigenvalue weighted by Crippen LogP contribution is -1.97. The van der Waals surface area contributed by atoms with Gasteiger partial charge < -0.3 is 10.8 Å². The minimum atomic E-state index is -0.972. The summed E-state index contributed by atoms with van der Waals surface area (Å²) in [7, 11) is 0. The van der Waals surface area contributed by atoms with Crippen LogP contribution >= 0.6 is 11.3 Å². The quantitative estimate of drug-likeness (QED) is 0.791. The number of pyridine rings is 1. The van der Waals surface area contributed by atoms with Crippen LogP contribution in [0.15, 0.2) is 6.07 Å². The molecule has 2 aromatic heterocycles. The van der Waals surface area contributed by atoms with Crippen LogP contribution in [0.25, 0.3) is 10.2 Å². The van der Waals surface area contributed by atoms with Gasteiger partial charge in [-0.25, -0.2) is 9.78 Å². The number of nitrogen functional groups attached to an aromatic ring is 1. The maximum atomic E-state index is 10.9. The van der Waals surface area contributed by atoms with Crippen molar-refractivity contribution in [3.63, 3.8) is 0 Å². The van der Waals surface area contributed by atoms with Crippen LogP contribution in [0.2, 0.25) is 0 Å². The van der Waals surface area contributed by atoms with Crippen molar-refractivity contribution >= 4 is 33.2 Å². The smallest absolute Gasteiger partial charge is 0.348 e. The van der Waals surface area contributed by atoms with Crippen molar-refractivity contribution in [2.24, 2.45) is 0 Å². The van der Waals surface area contributed by atoms with Crippen molar-refractivity contribution in [1.29, 1.82) is 0 Å². The van der Waals surface area contributed by atoms with Gasteiger partial charge >= 0.3 is 5.97 Å². The first-order valence-electron chi connectivity index (χ1n) is 5.11. The standard InChI is InChI=1S/C11H10N2O2S/c12-8-6-4-5-2-1-3-7(5)13-10(6)16-9(8)11(14)15/h4H,1-3,12H2,(H,14,15).